The van der Waals surface area contributed by atoms with Crippen molar-refractivity contribution in [3.05, 3.63) is 42.4 Å². The maximum atomic E-state index is 12.8. The van der Waals surface area contributed by atoms with Gasteiger partial charge in [0.05, 0.1) is 0 Å². The van der Waals surface area contributed by atoms with Gasteiger partial charge in [-0.1, -0.05) is 19.9 Å². The van der Waals surface area contributed by atoms with E-state index in [0.717, 1.165) is 43.4 Å². The van der Waals surface area contributed by atoms with Crippen molar-refractivity contribution >= 4 is 5.91 Å². The van der Waals surface area contributed by atoms with Crippen LogP contribution in [-0.4, -0.2) is 56.3 Å². The quantitative estimate of drug-likeness (QED) is 0.772. The summed E-state index contributed by atoms with van der Waals surface area (Å²) in [7, 11) is 0. The summed E-state index contributed by atoms with van der Waals surface area (Å²) in [5, 5.41) is 0. The van der Waals surface area contributed by atoms with E-state index in [1.54, 1.807) is 6.20 Å². The average Bonchev–Trinajstić information content (AvgIpc) is 3.54. The van der Waals surface area contributed by atoms with Crippen LogP contribution in [0.15, 0.2) is 36.8 Å². The lowest BCUT2D eigenvalue weighted by Crippen LogP contribution is -2.47. The molecule has 0 radical (unpaired) electrons. The van der Waals surface area contributed by atoms with E-state index >= 15 is 0 Å². The number of nitrogens with zero attached hydrogens (tertiary/aromatic N) is 5. The fraction of sp³-hybridized carbons (Fsp3) is 0.545. The molecule has 28 heavy (non-hydrogen) atoms. The van der Waals surface area contributed by atoms with Crippen LogP contribution in [0.1, 0.15) is 38.7 Å². The monoisotopic (exact) mass is 379 g/mol. The normalized spacial score (nSPS) is 21.2. The number of carbonyl (C=O) groups excluding carboxylic acids is 1. The van der Waals surface area contributed by atoms with E-state index < -0.39 is 0 Å². The summed E-state index contributed by atoms with van der Waals surface area (Å²) in [6, 6.07) is 6.02. The lowest BCUT2D eigenvalue weighted by molar-refractivity contribution is -0.133. The first kappa shape index (κ1) is 19.0. The predicted octanol–water partition coefficient (Wildman–Crippen LogP) is 3.01. The van der Waals surface area contributed by atoms with Crippen LogP contribution in [0.5, 0.6) is 0 Å². The summed E-state index contributed by atoms with van der Waals surface area (Å²) in [4.78, 5) is 30.6. The Morgan fingerprint density at radius 3 is 2.57 bits per heavy atom. The number of rotatable bonds is 6. The smallest absolute Gasteiger partial charge is 0.224 e. The molecule has 0 N–H and O–H groups in total. The Morgan fingerprint density at radius 2 is 1.93 bits per heavy atom. The predicted molar refractivity (Wildman–Crippen MR) is 108 cm³/mol. The minimum Gasteiger partial charge on any atom is -0.338 e. The van der Waals surface area contributed by atoms with Crippen molar-refractivity contribution in [3.8, 4) is 11.5 Å². The zero-order chi connectivity index (χ0) is 19.5. The topological polar surface area (TPSA) is 62.2 Å². The molecule has 2 aromatic heterocycles. The number of pyridine rings is 1. The molecule has 2 fully saturated rings. The van der Waals surface area contributed by atoms with E-state index in [2.05, 4.69) is 38.6 Å². The van der Waals surface area contributed by atoms with Crippen LogP contribution in [0.3, 0.4) is 0 Å². The van der Waals surface area contributed by atoms with Crippen LogP contribution in [0.4, 0.5) is 0 Å². The summed E-state index contributed by atoms with van der Waals surface area (Å²) in [6.07, 6.45) is 8.67. The van der Waals surface area contributed by atoms with Gasteiger partial charge in [-0.2, -0.15) is 0 Å². The molecular weight excluding hydrogens is 350 g/mol. The molecule has 6 heteroatoms. The Labute approximate surface area is 167 Å². The minimum atomic E-state index is 0.282. The number of hydrogen-bond donors (Lipinski definition) is 0. The molecule has 2 aliphatic rings. The molecule has 2 aromatic rings. The highest BCUT2D eigenvalue weighted by atomic mass is 16.2. The SMILES string of the molecule is CC(C)C1CN(Cc2cnc(-c3ccccn3)nc2)CCC(=O)N1CC1CC1. The van der Waals surface area contributed by atoms with E-state index in [9.17, 15) is 4.79 Å². The summed E-state index contributed by atoms with van der Waals surface area (Å²) >= 11 is 0. The molecule has 1 saturated heterocycles. The van der Waals surface area contributed by atoms with Crippen LogP contribution in [0, 0.1) is 11.8 Å². The zero-order valence-corrected chi connectivity index (χ0v) is 16.8. The average molecular weight is 380 g/mol. The number of amides is 1. The second kappa shape index (κ2) is 8.35. The molecule has 148 valence electrons. The molecule has 3 heterocycles. The molecule has 1 amide bonds. The lowest BCUT2D eigenvalue weighted by Gasteiger charge is -2.35. The third-order valence-corrected chi connectivity index (χ3v) is 5.73. The van der Waals surface area contributed by atoms with Gasteiger partial charge in [-0.05, 0) is 36.8 Å². The first-order valence-electron chi connectivity index (χ1n) is 10.3. The molecule has 6 nitrogen and oxygen atoms in total. The van der Waals surface area contributed by atoms with Gasteiger partial charge in [-0.15, -0.1) is 0 Å². The van der Waals surface area contributed by atoms with E-state index in [4.69, 9.17) is 0 Å². The van der Waals surface area contributed by atoms with Gasteiger partial charge in [0.25, 0.3) is 0 Å². The fourth-order valence-corrected chi connectivity index (χ4v) is 3.89. The van der Waals surface area contributed by atoms with Crippen LogP contribution >= 0.6 is 0 Å². The number of hydrogen-bond acceptors (Lipinski definition) is 5. The third-order valence-electron chi connectivity index (χ3n) is 5.73. The summed E-state index contributed by atoms with van der Waals surface area (Å²) in [6.45, 7) is 7.88. The van der Waals surface area contributed by atoms with Crippen molar-refractivity contribution in [2.75, 3.05) is 19.6 Å². The molecule has 0 bridgehead atoms. The van der Waals surface area contributed by atoms with Crippen LogP contribution in [0.2, 0.25) is 0 Å². The first-order chi connectivity index (χ1) is 13.6. The van der Waals surface area contributed by atoms with Gasteiger partial charge >= 0.3 is 0 Å². The Morgan fingerprint density at radius 1 is 1.14 bits per heavy atom. The first-order valence-corrected chi connectivity index (χ1v) is 10.3. The number of aromatic nitrogens is 3. The fourth-order valence-electron chi connectivity index (χ4n) is 3.89. The molecule has 1 aliphatic carbocycles. The number of carbonyl (C=O) groups is 1. The zero-order valence-electron chi connectivity index (χ0n) is 16.8. The van der Waals surface area contributed by atoms with Crippen molar-refractivity contribution in [2.45, 2.75) is 45.7 Å². The summed E-state index contributed by atoms with van der Waals surface area (Å²) in [5.74, 6) is 2.14. The van der Waals surface area contributed by atoms with Crippen molar-refractivity contribution in [1.82, 2.24) is 24.8 Å². The lowest BCUT2D eigenvalue weighted by atomic mass is 10.0. The molecule has 1 aliphatic heterocycles. The van der Waals surface area contributed by atoms with Crippen LogP contribution in [0.25, 0.3) is 11.5 Å². The molecule has 4 rings (SSSR count). The molecule has 1 unspecified atom stereocenters. The molecular formula is C22H29N5O. The molecule has 1 saturated carbocycles. The summed E-state index contributed by atoms with van der Waals surface area (Å²) < 4.78 is 0. The van der Waals surface area contributed by atoms with E-state index in [1.165, 1.54) is 12.8 Å². The Kier molecular flexibility index (Phi) is 5.67. The maximum Gasteiger partial charge on any atom is 0.224 e. The second-order valence-corrected chi connectivity index (χ2v) is 8.42. The van der Waals surface area contributed by atoms with Crippen molar-refractivity contribution in [1.29, 1.82) is 0 Å². The highest BCUT2D eigenvalue weighted by molar-refractivity contribution is 5.77. The van der Waals surface area contributed by atoms with Gasteiger partial charge in [-0.3, -0.25) is 14.7 Å². The molecule has 0 aromatic carbocycles. The molecule has 0 spiro atoms. The van der Waals surface area contributed by atoms with Gasteiger partial charge in [-0.25, -0.2) is 9.97 Å². The van der Waals surface area contributed by atoms with Crippen molar-refractivity contribution in [3.63, 3.8) is 0 Å². The van der Waals surface area contributed by atoms with Gasteiger partial charge in [0.1, 0.15) is 5.69 Å². The van der Waals surface area contributed by atoms with E-state index in [0.29, 0.717) is 24.1 Å². The van der Waals surface area contributed by atoms with E-state index in [-0.39, 0.29) is 6.04 Å². The van der Waals surface area contributed by atoms with Gasteiger partial charge in [0, 0.05) is 62.8 Å². The highest BCUT2D eigenvalue weighted by Gasteiger charge is 2.35. The van der Waals surface area contributed by atoms with Crippen molar-refractivity contribution < 1.29 is 4.79 Å². The Hall–Kier alpha value is -2.34. The standard InChI is InChI=1S/C22H29N5O/c1-16(2)20-15-26(10-8-21(28)27(20)14-17-6-7-17)13-18-11-24-22(25-12-18)19-5-3-4-9-23-19/h3-5,9,11-12,16-17,20H,6-8,10,13-15H2,1-2H3. The molecule has 1 atom stereocenters. The van der Waals surface area contributed by atoms with Gasteiger partial charge in [0.2, 0.25) is 5.91 Å². The third kappa shape index (κ3) is 4.55. The highest BCUT2D eigenvalue weighted by Crippen LogP contribution is 2.32. The van der Waals surface area contributed by atoms with Crippen LogP contribution < -0.4 is 0 Å². The van der Waals surface area contributed by atoms with Gasteiger partial charge < -0.3 is 4.90 Å². The Balaban J connectivity index is 1.44. The maximum absolute atomic E-state index is 12.8. The largest absolute Gasteiger partial charge is 0.338 e. The second-order valence-electron chi connectivity index (χ2n) is 8.42. The summed E-state index contributed by atoms with van der Waals surface area (Å²) in [5.41, 5.74) is 1.86. The van der Waals surface area contributed by atoms with Gasteiger partial charge in [0.15, 0.2) is 5.82 Å². The van der Waals surface area contributed by atoms with Crippen molar-refractivity contribution in [2.24, 2.45) is 11.8 Å². The van der Waals surface area contributed by atoms with Crippen LogP contribution in [-0.2, 0) is 11.3 Å². The Bertz CT molecular complexity index is 788. The van der Waals surface area contributed by atoms with E-state index in [1.807, 2.05) is 30.6 Å². The minimum absolute atomic E-state index is 0.282.